The lowest BCUT2D eigenvalue weighted by Gasteiger charge is -2.41. The monoisotopic (exact) mass is 276 g/mol. The van der Waals surface area contributed by atoms with Crippen molar-refractivity contribution in [3.63, 3.8) is 0 Å². The zero-order valence-electron chi connectivity index (χ0n) is 10.8. The second-order valence-electron chi connectivity index (χ2n) is 5.36. The van der Waals surface area contributed by atoms with E-state index in [1.165, 1.54) is 19.8 Å². The highest BCUT2D eigenvalue weighted by Crippen LogP contribution is 2.44. The van der Waals surface area contributed by atoms with Crippen LogP contribution in [0.4, 0.5) is 11.4 Å². The van der Waals surface area contributed by atoms with E-state index in [2.05, 4.69) is 22.8 Å². The van der Waals surface area contributed by atoms with Gasteiger partial charge in [0.05, 0.1) is 10.7 Å². The molecule has 3 unspecified atom stereocenters. The minimum atomic E-state index is -0.111. The van der Waals surface area contributed by atoms with E-state index >= 15 is 0 Å². The van der Waals surface area contributed by atoms with Crippen molar-refractivity contribution >= 4 is 28.9 Å². The molecule has 3 nitrogen and oxygen atoms in total. The van der Waals surface area contributed by atoms with Crippen molar-refractivity contribution in [2.75, 3.05) is 10.6 Å². The highest BCUT2D eigenvalue weighted by Gasteiger charge is 2.40. The molecule has 2 N–H and O–H groups in total. The van der Waals surface area contributed by atoms with Gasteiger partial charge in [-0.05, 0) is 37.0 Å². The number of fused-ring (bicyclic) bond motifs is 1. The number of carbonyl (C=O) groups excluding carboxylic acids is 1. The van der Waals surface area contributed by atoms with Crippen LogP contribution >= 0.6 is 11.6 Å². The molecule has 3 atom stereocenters. The number of carbonyl (C=O) groups is 1. The van der Waals surface area contributed by atoms with Crippen LogP contribution in [0.2, 0.25) is 5.02 Å². The number of allylic oxidation sites excluding steroid dienone is 1. The number of rotatable bonds is 3. The van der Waals surface area contributed by atoms with Crippen molar-refractivity contribution in [2.24, 2.45) is 11.8 Å². The Morgan fingerprint density at radius 3 is 2.95 bits per heavy atom. The summed E-state index contributed by atoms with van der Waals surface area (Å²) in [5.41, 5.74) is 1.68. The molecule has 1 fully saturated rings. The zero-order chi connectivity index (χ0) is 13.4. The number of hydrogen-bond donors (Lipinski definition) is 2. The first-order valence-electron chi connectivity index (χ1n) is 6.64. The molecule has 100 valence electrons. The highest BCUT2D eigenvalue weighted by molar-refractivity contribution is 6.34. The lowest BCUT2D eigenvalue weighted by Crippen LogP contribution is -2.43. The summed E-state index contributed by atoms with van der Waals surface area (Å²) in [5.74, 6) is 1.40. The lowest BCUT2D eigenvalue weighted by molar-refractivity contribution is -0.114. The fourth-order valence-corrected chi connectivity index (χ4v) is 3.22. The molecule has 1 amide bonds. The van der Waals surface area contributed by atoms with Gasteiger partial charge < -0.3 is 10.6 Å². The third-order valence-corrected chi connectivity index (χ3v) is 4.31. The van der Waals surface area contributed by atoms with E-state index in [0.717, 1.165) is 11.6 Å². The number of nitrogens with one attached hydrogen (secondary N) is 2. The Hall–Kier alpha value is -1.48. The summed E-state index contributed by atoms with van der Waals surface area (Å²) >= 11 is 6.16. The molecule has 3 rings (SSSR count). The van der Waals surface area contributed by atoms with Gasteiger partial charge in [0.1, 0.15) is 0 Å². The Morgan fingerprint density at radius 2 is 2.26 bits per heavy atom. The van der Waals surface area contributed by atoms with Gasteiger partial charge in [-0.15, -0.1) is 0 Å². The molecule has 0 aromatic heterocycles. The van der Waals surface area contributed by atoms with Crippen LogP contribution in [-0.4, -0.2) is 11.9 Å². The number of halogens is 1. The molecular formula is C15H17ClN2O. The van der Waals surface area contributed by atoms with Crippen molar-refractivity contribution in [1.29, 1.82) is 0 Å². The fourth-order valence-electron chi connectivity index (χ4n) is 2.99. The molecule has 19 heavy (non-hydrogen) atoms. The van der Waals surface area contributed by atoms with Gasteiger partial charge in [0.25, 0.3) is 0 Å². The zero-order valence-corrected chi connectivity index (χ0v) is 11.6. The van der Waals surface area contributed by atoms with E-state index < -0.39 is 0 Å². The number of anilines is 2. The van der Waals surface area contributed by atoms with Crippen LogP contribution in [-0.2, 0) is 4.79 Å². The van der Waals surface area contributed by atoms with Gasteiger partial charge in [-0.2, -0.15) is 0 Å². The van der Waals surface area contributed by atoms with E-state index in [0.29, 0.717) is 22.7 Å². The van der Waals surface area contributed by atoms with Crippen molar-refractivity contribution in [2.45, 2.75) is 25.8 Å². The normalized spacial score (nSPS) is 27.6. The molecule has 1 saturated carbocycles. The fraction of sp³-hybridized carbons (Fsp3) is 0.400. The standard InChI is InChI=1S/C15H17ClN2O/c1-9(19)17-14-6-5-11(8-13(14)16)18-15-7-10-3-2-4-12(10)15/h2,4-6,8,10,12,15,18H,3,7H2,1H3,(H,17,19). The van der Waals surface area contributed by atoms with Crippen LogP contribution < -0.4 is 10.6 Å². The van der Waals surface area contributed by atoms with Crippen LogP contribution in [0.5, 0.6) is 0 Å². The topological polar surface area (TPSA) is 41.1 Å². The predicted octanol–water partition coefficient (Wildman–Crippen LogP) is 3.67. The maximum atomic E-state index is 11.0. The predicted molar refractivity (Wildman–Crippen MR) is 78.5 cm³/mol. The van der Waals surface area contributed by atoms with Crippen molar-refractivity contribution < 1.29 is 4.79 Å². The van der Waals surface area contributed by atoms with Crippen LogP contribution in [0, 0.1) is 11.8 Å². The first kappa shape index (κ1) is 12.5. The van der Waals surface area contributed by atoms with E-state index in [4.69, 9.17) is 11.6 Å². The summed E-state index contributed by atoms with van der Waals surface area (Å²) < 4.78 is 0. The Balaban J connectivity index is 1.67. The van der Waals surface area contributed by atoms with Gasteiger partial charge in [0.2, 0.25) is 5.91 Å². The maximum absolute atomic E-state index is 11.0. The van der Waals surface area contributed by atoms with E-state index in [-0.39, 0.29) is 5.91 Å². The molecule has 0 spiro atoms. The Kier molecular flexibility index (Phi) is 3.23. The molecule has 2 aliphatic carbocycles. The van der Waals surface area contributed by atoms with Gasteiger partial charge in [0, 0.05) is 24.6 Å². The first-order chi connectivity index (χ1) is 9.13. The second-order valence-corrected chi connectivity index (χ2v) is 5.77. The molecule has 1 aromatic rings. The average Bonchev–Trinajstić information content (AvgIpc) is 2.70. The maximum Gasteiger partial charge on any atom is 0.221 e. The molecule has 0 saturated heterocycles. The Bertz CT molecular complexity index is 541. The van der Waals surface area contributed by atoms with Crippen molar-refractivity contribution in [3.05, 3.63) is 35.4 Å². The highest BCUT2D eigenvalue weighted by atomic mass is 35.5. The molecule has 0 aliphatic heterocycles. The van der Waals surface area contributed by atoms with Crippen LogP contribution in [0.15, 0.2) is 30.4 Å². The van der Waals surface area contributed by atoms with E-state index in [1.807, 2.05) is 18.2 Å². The molecule has 4 heteroatoms. The Labute approximate surface area is 118 Å². The number of benzene rings is 1. The molecule has 2 aliphatic rings. The van der Waals surface area contributed by atoms with E-state index in [9.17, 15) is 4.79 Å². The molecule has 0 heterocycles. The summed E-state index contributed by atoms with van der Waals surface area (Å²) in [5, 5.41) is 6.80. The van der Waals surface area contributed by atoms with Crippen LogP contribution in [0.1, 0.15) is 19.8 Å². The van der Waals surface area contributed by atoms with Gasteiger partial charge in [-0.25, -0.2) is 0 Å². The van der Waals surface area contributed by atoms with Gasteiger partial charge in [0.15, 0.2) is 0 Å². The van der Waals surface area contributed by atoms with Crippen molar-refractivity contribution in [1.82, 2.24) is 0 Å². The van der Waals surface area contributed by atoms with Gasteiger partial charge >= 0.3 is 0 Å². The molecular weight excluding hydrogens is 260 g/mol. The Morgan fingerprint density at radius 1 is 1.42 bits per heavy atom. The van der Waals surface area contributed by atoms with Gasteiger partial charge in [-0.3, -0.25) is 4.79 Å². The lowest BCUT2D eigenvalue weighted by atomic mass is 9.71. The molecule has 0 radical (unpaired) electrons. The molecule has 0 bridgehead atoms. The molecule has 1 aromatic carbocycles. The van der Waals surface area contributed by atoms with Crippen molar-refractivity contribution in [3.8, 4) is 0 Å². The van der Waals surface area contributed by atoms with Crippen LogP contribution in [0.25, 0.3) is 0 Å². The largest absolute Gasteiger partial charge is 0.382 e. The summed E-state index contributed by atoms with van der Waals surface area (Å²) in [6.45, 7) is 1.48. The summed E-state index contributed by atoms with van der Waals surface area (Å²) in [4.78, 5) is 11.0. The third kappa shape index (κ3) is 2.47. The first-order valence-corrected chi connectivity index (χ1v) is 7.01. The summed E-state index contributed by atoms with van der Waals surface area (Å²) in [6, 6.07) is 6.20. The smallest absolute Gasteiger partial charge is 0.221 e. The summed E-state index contributed by atoms with van der Waals surface area (Å²) in [7, 11) is 0. The second kappa shape index (κ2) is 4.89. The van der Waals surface area contributed by atoms with E-state index in [1.54, 1.807) is 0 Å². The summed E-state index contributed by atoms with van der Waals surface area (Å²) in [6.07, 6.45) is 7.05. The average molecular weight is 277 g/mol. The third-order valence-electron chi connectivity index (χ3n) is 3.99. The quantitative estimate of drug-likeness (QED) is 0.827. The SMILES string of the molecule is CC(=O)Nc1ccc(NC2CC3CC=CC32)cc1Cl. The van der Waals surface area contributed by atoms with Gasteiger partial charge in [-0.1, -0.05) is 23.8 Å². The number of amides is 1. The van der Waals surface area contributed by atoms with Crippen LogP contribution in [0.3, 0.4) is 0 Å². The minimum absolute atomic E-state index is 0.111. The minimum Gasteiger partial charge on any atom is -0.382 e. The number of hydrogen-bond acceptors (Lipinski definition) is 2.